The highest BCUT2D eigenvalue weighted by Crippen LogP contribution is 2.36. The van der Waals surface area contributed by atoms with Crippen molar-refractivity contribution in [3.8, 4) is 11.5 Å². The van der Waals surface area contributed by atoms with Gasteiger partial charge in [-0.25, -0.2) is 0 Å². The van der Waals surface area contributed by atoms with E-state index in [1.54, 1.807) is 7.11 Å². The fourth-order valence-electron chi connectivity index (χ4n) is 1.58. The Morgan fingerprint density at radius 3 is 2.94 bits per heavy atom. The highest BCUT2D eigenvalue weighted by atomic mass is 79.9. The summed E-state index contributed by atoms with van der Waals surface area (Å²) in [6.45, 7) is 0.550. The largest absolute Gasteiger partial charge is 0.493 e. The Kier molecular flexibility index (Phi) is 3.71. The molecule has 84 valence electrons. The van der Waals surface area contributed by atoms with E-state index in [-0.39, 0.29) is 0 Å². The smallest absolute Gasteiger partial charge is 0.168 e. The van der Waals surface area contributed by atoms with Gasteiger partial charge in [-0.15, -0.1) is 0 Å². The van der Waals surface area contributed by atoms with Gasteiger partial charge in [0.2, 0.25) is 0 Å². The fraction of sp³-hybridized carbons (Fsp3) is 0.167. The highest BCUT2D eigenvalue weighted by molar-refractivity contribution is 9.28. The number of fused-ring (bicyclic) bond motifs is 1. The van der Waals surface area contributed by atoms with Crippen molar-refractivity contribution in [2.45, 2.75) is 0 Å². The summed E-state index contributed by atoms with van der Waals surface area (Å²) in [7, 11) is 1.65. The van der Waals surface area contributed by atoms with E-state index in [1.165, 1.54) is 0 Å². The Morgan fingerprint density at radius 1 is 1.44 bits per heavy atom. The zero-order valence-electron chi connectivity index (χ0n) is 8.67. The van der Waals surface area contributed by atoms with Gasteiger partial charge in [0.05, 0.1) is 10.5 Å². The molecule has 0 amide bonds. The molecule has 0 spiro atoms. The van der Waals surface area contributed by atoms with Gasteiger partial charge >= 0.3 is 0 Å². The first-order valence-corrected chi connectivity index (χ1v) is 6.32. The fourth-order valence-corrected chi connectivity index (χ4v) is 2.17. The second kappa shape index (κ2) is 5.06. The number of rotatable bonds is 2. The monoisotopic (exact) mass is 344 g/mol. The standard InChI is InChI=1S/C12H10Br2O2/c1-15-10-4-2-3-9-5-8(6-11(13)14)7-16-12(9)10/h2-6H,7H2,1H3. The molecule has 1 heterocycles. The van der Waals surface area contributed by atoms with Gasteiger partial charge in [0.25, 0.3) is 0 Å². The molecule has 0 aromatic heterocycles. The van der Waals surface area contributed by atoms with Crippen molar-refractivity contribution in [3.05, 3.63) is 38.8 Å². The molecule has 4 heteroatoms. The van der Waals surface area contributed by atoms with Gasteiger partial charge in [0, 0.05) is 5.56 Å². The third-order valence-electron chi connectivity index (χ3n) is 2.25. The zero-order chi connectivity index (χ0) is 11.5. The molecule has 0 aliphatic carbocycles. The summed E-state index contributed by atoms with van der Waals surface area (Å²) in [5, 5.41) is 0. The van der Waals surface area contributed by atoms with Crippen molar-refractivity contribution >= 4 is 37.9 Å². The van der Waals surface area contributed by atoms with Crippen LogP contribution >= 0.6 is 31.9 Å². The maximum Gasteiger partial charge on any atom is 0.168 e. The van der Waals surface area contributed by atoms with Crippen LogP contribution < -0.4 is 9.47 Å². The van der Waals surface area contributed by atoms with Crippen LogP contribution in [-0.2, 0) is 0 Å². The van der Waals surface area contributed by atoms with Gasteiger partial charge in [-0.05, 0) is 55.7 Å². The Balaban J connectivity index is 2.41. The molecule has 0 unspecified atom stereocenters. The molecule has 0 fully saturated rings. The van der Waals surface area contributed by atoms with E-state index >= 15 is 0 Å². The molecule has 2 nitrogen and oxygen atoms in total. The molecular weight excluding hydrogens is 336 g/mol. The summed E-state index contributed by atoms with van der Waals surface area (Å²) in [5.74, 6) is 1.59. The van der Waals surface area contributed by atoms with E-state index in [4.69, 9.17) is 9.47 Å². The lowest BCUT2D eigenvalue weighted by Gasteiger charge is -2.18. The van der Waals surface area contributed by atoms with Crippen LogP contribution in [0.25, 0.3) is 6.08 Å². The molecule has 1 aromatic carbocycles. The molecule has 0 atom stereocenters. The summed E-state index contributed by atoms with van der Waals surface area (Å²) in [5.41, 5.74) is 2.14. The van der Waals surface area contributed by atoms with E-state index in [9.17, 15) is 0 Å². The first-order chi connectivity index (χ1) is 7.70. The maximum absolute atomic E-state index is 5.68. The number of ether oxygens (including phenoxy) is 2. The van der Waals surface area contributed by atoms with Crippen molar-refractivity contribution in [3.63, 3.8) is 0 Å². The van der Waals surface area contributed by atoms with Crippen LogP contribution in [0.4, 0.5) is 0 Å². The SMILES string of the molecule is COc1cccc2c1OCC(C=C(Br)Br)=C2. The molecular formula is C12H10Br2O2. The topological polar surface area (TPSA) is 18.5 Å². The average Bonchev–Trinajstić information content (AvgIpc) is 2.27. The summed E-state index contributed by atoms with van der Waals surface area (Å²) < 4.78 is 11.8. The van der Waals surface area contributed by atoms with E-state index in [1.807, 2.05) is 24.3 Å². The molecule has 1 aromatic rings. The van der Waals surface area contributed by atoms with Crippen LogP contribution in [0.1, 0.15) is 5.56 Å². The van der Waals surface area contributed by atoms with Gasteiger partial charge in [0.1, 0.15) is 6.61 Å². The zero-order valence-corrected chi connectivity index (χ0v) is 11.8. The first-order valence-electron chi connectivity index (χ1n) is 4.74. The van der Waals surface area contributed by atoms with E-state index in [2.05, 4.69) is 37.9 Å². The predicted molar refractivity (Wildman–Crippen MR) is 72.4 cm³/mol. The van der Waals surface area contributed by atoms with Crippen LogP contribution in [0, 0.1) is 0 Å². The Hall–Kier alpha value is -0.740. The third-order valence-corrected chi connectivity index (χ3v) is 2.71. The summed E-state index contributed by atoms with van der Waals surface area (Å²) in [4.78, 5) is 0. The van der Waals surface area contributed by atoms with Crippen molar-refractivity contribution in [1.82, 2.24) is 0 Å². The van der Waals surface area contributed by atoms with Crippen molar-refractivity contribution in [1.29, 1.82) is 0 Å². The number of methoxy groups -OCH3 is 1. The maximum atomic E-state index is 5.68. The minimum Gasteiger partial charge on any atom is -0.493 e. The molecule has 2 rings (SSSR count). The van der Waals surface area contributed by atoms with E-state index in [0.29, 0.717) is 6.61 Å². The molecule has 0 saturated heterocycles. The van der Waals surface area contributed by atoms with Crippen LogP contribution in [0.3, 0.4) is 0 Å². The molecule has 1 aliphatic heterocycles. The molecule has 16 heavy (non-hydrogen) atoms. The second-order valence-electron chi connectivity index (χ2n) is 3.32. The molecule has 1 aliphatic rings. The lowest BCUT2D eigenvalue weighted by Crippen LogP contribution is -2.07. The highest BCUT2D eigenvalue weighted by Gasteiger charge is 2.14. The van der Waals surface area contributed by atoms with Crippen molar-refractivity contribution in [2.24, 2.45) is 0 Å². The lowest BCUT2D eigenvalue weighted by molar-refractivity contribution is 0.318. The number of halogens is 2. The summed E-state index contributed by atoms with van der Waals surface area (Å²) in [6, 6.07) is 5.86. The lowest BCUT2D eigenvalue weighted by atomic mass is 10.1. The van der Waals surface area contributed by atoms with Crippen LogP contribution in [-0.4, -0.2) is 13.7 Å². The number of benzene rings is 1. The molecule has 0 saturated carbocycles. The minimum atomic E-state index is 0.550. The molecule has 0 N–H and O–H groups in total. The van der Waals surface area contributed by atoms with Gasteiger partial charge in [-0.2, -0.15) is 0 Å². The Labute approximate surface area is 111 Å². The van der Waals surface area contributed by atoms with Gasteiger partial charge in [-0.3, -0.25) is 0 Å². The van der Waals surface area contributed by atoms with Crippen LogP contribution in [0.5, 0.6) is 11.5 Å². The van der Waals surface area contributed by atoms with E-state index < -0.39 is 0 Å². The first kappa shape index (κ1) is 11.7. The van der Waals surface area contributed by atoms with Gasteiger partial charge in [-0.1, -0.05) is 12.1 Å². The quantitative estimate of drug-likeness (QED) is 0.803. The normalized spacial score (nSPS) is 13.3. The van der Waals surface area contributed by atoms with Crippen molar-refractivity contribution < 1.29 is 9.47 Å². The number of para-hydroxylation sites is 1. The molecule has 0 bridgehead atoms. The summed E-state index contributed by atoms with van der Waals surface area (Å²) >= 11 is 6.67. The Bertz CT molecular complexity index is 460. The van der Waals surface area contributed by atoms with Crippen LogP contribution in [0.2, 0.25) is 0 Å². The minimum absolute atomic E-state index is 0.550. The summed E-state index contributed by atoms with van der Waals surface area (Å²) in [6.07, 6.45) is 4.06. The number of hydrogen-bond acceptors (Lipinski definition) is 2. The Morgan fingerprint density at radius 2 is 2.25 bits per heavy atom. The van der Waals surface area contributed by atoms with Gasteiger partial charge < -0.3 is 9.47 Å². The number of hydrogen-bond donors (Lipinski definition) is 0. The second-order valence-corrected chi connectivity index (χ2v) is 6.09. The third kappa shape index (κ3) is 2.50. The van der Waals surface area contributed by atoms with E-state index in [0.717, 1.165) is 26.0 Å². The van der Waals surface area contributed by atoms with Gasteiger partial charge in [0.15, 0.2) is 11.5 Å². The molecule has 0 radical (unpaired) electrons. The van der Waals surface area contributed by atoms with Crippen LogP contribution in [0.15, 0.2) is 33.2 Å². The van der Waals surface area contributed by atoms with Crippen molar-refractivity contribution in [2.75, 3.05) is 13.7 Å². The average molecular weight is 346 g/mol. The predicted octanol–water partition coefficient (Wildman–Crippen LogP) is 4.10.